The number of rotatable bonds is 1. The molecule has 5 heteroatoms. The van der Waals surface area contributed by atoms with Gasteiger partial charge in [-0.15, -0.1) is 0 Å². The van der Waals surface area contributed by atoms with Crippen LogP contribution in [0.5, 0.6) is 0 Å². The summed E-state index contributed by atoms with van der Waals surface area (Å²) >= 11 is 0. The van der Waals surface area contributed by atoms with E-state index < -0.39 is 11.5 Å². The second-order valence-electron chi connectivity index (χ2n) is 5.73. The molecule has 94 valence electrons. The van der Waals surface area contributed by atoms with Crippen molar-refractivity contribution in [2.45, 2.75) is 39.3 Å². The van der Waals surface area contributed by atoms with Gasteiger partial charge >= 0.3 is 5.97 Å². The van der Waals surface area contributed by atoms with Gasteiger partial charge in [-0.2, -0.15) is 0 Å². The summed E-state index contributed by atoms with van der Waals surface area (Å²) < 4.78 is 5.12. The molecule has 2 saturated heterocycles. The van der Waals surface area contributed by atoms with Crippen LogP contribution in [0.4, 0.5) is 0 Å². The lowest BCUT2D eigenvalue weighted by molar-refractivity contribution is -0.147. The van der Waals surface area contributed by atoms with Crippen LogP contribution in [0.1, 0.15) is 27.2 Å². The van der Waals surface area contributed by atoms with E-state index >= 15 is 0 Å². The largest absolute Gasteiger partial charge is 0.460 e. The summed E-state index contributed by atoms with van der Waals surface area (Å²) in [6, 6.07) is -0.516. The first kappa shape index (κ1) is 12.1. The number of fused-ring (bicyclic) bond motifs is 1. The van der Waals surface area contributed by atoms with Crippen LogP contribution >= 0.6 is 0 Å². The molecule has 5 nitrogen and oxygen atoms in total. The molecule has 0 bridgehead atoms. The maximum Gasteiger partial charge on any atom is 0.306 e. The highest BCUT2D eigenvalue weighted by Crippen LogP contribution is 2.36. The van der Waals surface area contributed by atoms with E-state index in [-0.39, 0.29) is 30.3 Å². The lowest BCUT2D eigenvalue weighted by Gasteiger charge is -2.29. The first-order chi connectivity index (χ1) is 7.84. The van der Waals surface area contributed by atoms with E-state index in [1.807, 2.05) is 20.8 Å². The van der Waals surface area contributed by atoms with Crippen molar-refractivity contribution in [3.05, 3.63) is 0 Å². The van der Waals surface area contributed by atoms with E-state index in [1.165, 1.54) is 0 Å². The first-order valence-electron chi connectivity index (χ1n) is 5.80. The smallest absolute Gasteiger partial charge is 0.306 e. The Morgan fingerprint density at radius 3 is 2.65 bits per heavy atom. The summed E-state index contributed by atoms with van der Waals surface area (Å²) in [4.78, 5) is 36.0. The highest BCUT2D eigenvalue weighted by Gasteiger charge is 2.51. The quantitative estimate of drug-likeness (QED) is 0.490. The lowest BCUT2D eigenvalue weighted by atomic mass is 9.93. The third kappa shape index (κ3) is 1.94. The first-order valence-corrected chi connectivity index (χ1v) is 5.80. The summed E-state index contributed by atoms with van der Waals surface area (Å²) in [5.41, 5.74) is -0.524. The summed E-state index contributed by atoms with van der Waals surface area (Å²) in [6.45, 7) is 5.79. The minimum Gasteiger partial charge on any atom is -0.460 e. The maximum absolute atomic E-state index is 12.2. The molecule has 2 fully saturated rings. The zero-order chi connectivity index (χ0) is 12.8. The van der Waals surface area contributed by atoms with Crippen LogP contribution in [0.25, 0.3) is 0 Å². The van der Waals surface area contributed by atoms with Crippen molar-refractivity contribution in [1.82, 2.24) is 4.90 Å². The topological polar surface area (TPSA) is 63.7 Å². The van der Waals surface area contributed by atoms with Crippen LogP contribution in [0.15, 0.2) is 0 Å². The van der Waals surface area contributed by atoms with Gasteiger partial charge in [0.05, 0.1) is 19.0 Å². The van der Waals surface area contributed by atoms with Gasteiger partial charge in [0.1, 0.15) is 12.4 Å². The standard InChI is InChI=1S/C12H17NO4/c1-12(2,3)11(16)13-5-9-7(8(13)6-14)4-10(15)17-9/h6-9H,4-5H2,1-3H3/t7-,8-,9+/m1/s1. The number of nitrogens with zero attached hydrogens (tertiary/aromatic N) is 1. The number of likely N-dealkylation sites (tertiary alicyclic amines) is 1. The van der Waals surface area contributed by atoms with Crippen molar-refractivity contribution in [2.75, 3.05) is 6.54 Å². The fourth-order valence-electron chi connectivity index (χ4n) is 2.51. The molecule has 0 aromatic carbocycles. The van der Waals surface area contributed by atoms with Crippen LogP contribution in [0.3, 0.4) is 0 Å². The Bertz CT molecular complexity index is 371. The molecule has 2 aliphatic rings. The number of hydrogen-bond acceptors (Lipinski definition) is 4. The predicted molar refractivity (Wildman–Crippen MR) is 59.0 cm³/mol. The Balaban J connectivity index is 2.20. The van der Waals surface area contributed by atoms with Gasteiger partial charge in [0, 0.05) is 11.3 Å². The molecule has 0 saturated carbocycles. The number of carbonyl (C=O) groups excluding carboxylic acids is 3. The summed E-state index contributed by atoms with van der Waals surface area (Å²) in [5.74, 6) is -0.499. The minimum atomic E-state index is -0.524. The average molecular weight is 239 g/mol. The fraction of sp³-hybridized carbons (Fsp3) is 0.750. The highest BCUT2D eigenvalue weighted by molar-refractivity contribution is 5.86. The number of ether oxygens (including phenoxy) is 1. The van der Waals surface area contributed by atoms with E-state index in [0.29, 0.717) is 6.54 Å². The molecule has 0 unspecified atom stereocenters. The molecule has 0 aromatic heterocycles. The Morgan fingerprint density at radius 2 is 2.12 bits per heavy atom. The van der Waals surface area contributed by atoms with Gasteiger partial charge in [0.2, 0.25) is 5.91 Å². The van der Waals surface area contributed by atoms with Crippen molar-refractivity contribution >= 4 is 18.2 Å². The molecule has 0 aliphatic carbocycles. The molecular weight excluding hydrogens is 222 g/mol. The van der Waals surface area contributed by atoms with Gasteiger partial charge < -0.3 is 14.4 Å². The van der Waals surface area contributed by atoms with Crippen LogP contribution in [0, 0.1) is 11.3 Å². The third-order valence-corrected chi connectivity index (χ3v) is 3.38. The molecule has 2 heterocycles. The average Bonchev–Trinajstić information content (AvgIpc) is 2.70. The van der Waals surface area contributed by atoms with Crippen molar-refractivity contribution < 1.29 is 19.1 Å². The van der Waals surface area contributed by atoms with Crippen molar-refractivity contribution in [1.29, 1.82) is 0 Å². The van der Waals surface area contributed by atoms with E-state index in [2.05, 4.69) is 0 Å². The van der Waals surface area contributed by atoms with Crippen LogP contribution in [-0.2, 0) is 19.1 Å². The Hall–Kier alpha value is -1.39. The summed E-state index contributed by atoms with van der Waals surface area (Å²) in [7, 11) is 0. The third-order valence-electron chi connectivity index (χ3n) is 3.38. The monoisotopic (exact) mass is 239 g/mol. The number of amides is 1. The number of aldehydes is 1. The Kier molecular flexibility index (Phi) is 2.72. The van der Waals surface area contributed by atoms with E-state index in [1.54, 1.807) is 4.90 Å². The number of carbonyl (C=O) groups is 3. The molecule has 0 radical (unpaired) electrons. The second-order valence-corrected chi connectivity index (χ2v) is 5.73. The molecule has 0 aromatic rings. The van der Waals surface area contributed by atoms with Crippen LogP contribution < -0.4 is 0 Å². The van der Waals surface area contributed by atoms with Gasteiger partial charge in [-0.05, 0) is 0 Å². The van der Waals surface area contributed by atoms with E-state index in [4.69, 9.17) is 4.74 Å². The molecule has 0 N–H and O–H groups in total. The SMILES string of the molecule is CC(C)(C)C(=O)N1C[C@@H]2OC(=O)C[C@@H]2[C@H]1C=O. The zero-order valence-electron chi connectivity index (χ0n) is 10.3. The Morgan fingerprint density at radius 1 is 1.47 bits per heavy atom. The lowest BCUT2D eigenvalue weighted by Crippen LogP contribution is -2.45. The van der Waals surface area contributed by atoms with Gasteiger partial charge in [-0.1, -0.05) is 20.8 Å². The number of hydrogen-bond donors (Lipinski definition) is 0. The molecule has 0 spiro atoms. The van der Waals surface area contributed by atoms with Gasteiger partial charge in [-0.25, -0.2) is 0 Å². The predicted octanol–water partition coefficient (Wildman–Crippen LogP) is 0.374. The minimum absolute atomic E-state index is 0.0694. The van der Waals surface area contributed by atoms with E-state index in [0.717, 1.165) is 6.29 Å². The molecule has 3 atom stereocenters. The van der Waals surface area contributed by atoms with Gasteiger partial charge in [0.15, 0.2) is 0 Å². The van der Waals surface area contributed by atoms with Crippen LogP contribution in [-0.4, -0.2) is 41.8 Å². The highest BCUT2D eigenvalue weighted by atomic mass is 16.6. The second kappa shape index (κ2) is 3.82. The maximum atomic E-state index is 12.2. The van der Waals surface area contributed by atoms with Crippen molar-refractivity contribution in [2.24, 2.45) is 11.3 Å². The number of esters is 1. The molecule has 2 aliphatic heterocycles. The van der Waals surface area contributed by atoms with E-state index in [9.17, 15) is 14.4 Å². The van der Waals surface area contributed by atoms with Crippen molar-refractivity contribution in [3.8, 4) is 0 Å². The summed E-state index contributed by atoms with van der Waals surface area (Å²) in [5, 5.41) is 0. The normalized spacial score (nSPS) is 32.3. The molecule has 17 heavy (non-hydrogen) atoms. The Labute approximate surface area is 100 Å². The molecule has 2 rings (SSSR count). The van der Waals surface area contributed by atoms with Crippen molar-refractivity contribution in [3.63, 3.8) is 0 Å². The fourth-order valence-corrected chi connectivity index (χ4v) is 2.51. The molecule has 1 amide bonds. The zero-order valence-corrected chi connectivity index (χ0v) is 10.3. The summed E-state index contributed by atoms with van der Waals surface area (Å²) in [6.07, 6.45) is 0.696. The van der Waals surface area contributed by atoms with Gasteiger partial charge in [0.25, 0.3) is 0 Å². The molecular formula is C12H17NO4. The van der Waals surface area contributed by atoms with Crippen LogP contribution in [0.2, 0.25) is 0 Å². The van der Waals surface area contributed by atoms with Gasteiger partial charge in [-0.3, -0.25) is 9.59 Å².